The molecule has 294 valence electrons. The summed E-state index contributed by atoms with van der Waals surface area (Å²) >= 11 is 0. The van der Waals surface area contributed by atoms with Gasteiger partial charge in [0.05, 0.1) is 5.52 Å². The molecule has 0 unspecified atom stereocenters. The molecule has 1 N–H and O–H groups in total. The van der Waals surface area contributed by atoms with Crippen LogP contribution in [0.15, 0.2) is 103 Å². The third kappa shape index (κ3) is 5.90. The largest absolute Gasteiger partial charge is 0.355 e. The number of nitrogens with one attached hydrogen (secondary N) is 1. The molecule has 1 aromatic heterocycles. The van der Waals surface area contributed by atoms with Gasteiger partial charge in [-0.15, -0.1) is 0 Å². The van der Waals surface area contributed by atoms with E-state index < -0.39 is 0 Å². The first-order valence-corrected chi connectivity index (χ1v) is 21.5. The van der Waals surface area contributed by atoms with Crippen LogP contribution in [0.5, 0.6) is 0 Å². The van der Waals surface area contributed by atoms with Crippen molar-refractivity contribution in [1.29, 1.82) is 0 Å². The van der Waals surface area contributed by atoms with Gasteiger partial charge in [0.15, 0.2) is 7.28 Å². The van der Waals surface area contributed by atoms with E-state index in [0.717, 1.165) is 18.7 Å². The molecule has 2 aliphatic rings. The van der Waals surface area contributed by atoms with Crippen molar-refractivity contribution in [3.05, 3.63) is 137 Å². The predicted molar refractivity (Wildman–Crippen MR) is 255 cm³/mol. The van der Waals surface area contributed by atoms with Crippen molar-refractivity contribution in [1.82, 2.24) is 4.57 Å². The minimum absolute atomic E-state index is 0.0183. The number of hydrogen-bond acceptors (Lipinski definition) is 1. The van der Waals surface area contributed by atoms with Crippen LogP contribution in [0.2, 0.25) is 0 Å². The van der Waals surface area contributed by atoms with Gasteiger partial charge in [0, 0.05) is 44.3 Å². The molecular formula is C55H61BN2. The molecule has 0 fully saturated rings. The molecule has 0 atom stereocenters. The van der Waals surface area contributed by atoms with Crippen LogP contribution in [-0.2, 0) is 27.1 Å². The summed E-state index contributed by atoms with van der Waals surface area (Å²) in [6, 6.07) is 40.2. The van der Waals surface area contributed by atoms with Gasteiger partial charge in [0.1, 0.15) is 0 Å². The highest BCUT2D eigenvalue weighted by Crippen LogP contribution is 2.57. The number of hydrogen-bond donors (Lipinski definition) is 1. The molecule has 7 aromatic rings. The zero-order chi connectivity index (χ0) is 41.5. The van der Waals surface area contributed by atoms with E-state index in [0.29, 0.717) is 0 Å². The molecule has 0 radical (unpaired) electrons. The maximum atomic E-state index is 3.99. The molecule has 9 rings (SSSR count). The highest BCUT2D eigenvalue weighted by Gasteiger charge is 2.43. The molecule has 1 aliphatic heterocycles. The second-order valence-corrected chi connectivity index (χ2v) is 22.0. The molecule has 0 saturated heterocycles. The van der Waals surface area contributed by atoms with E-state index in [2.05, 4.69) is 210 Å². The van der Waals surface area contributed by atoms with Gasteiger partial charge < -0.3 is 9.88 Å². The Kier molecular flexibility index (Phi) is 8.30. The first kappa shape index (κ1) is 38.5. The first-order chi connectivity index (χ1) is 27.0. The van der Waals surface area contributed by atoms with E-state index in [1.165, 1.54) is 94.1 Å². The lowest BCUT2D eigenvalue weighted by Gasteiger charge is -2.32. The van der Waals surface area contributed by atoms with Crippen LogP contribution in [0.1, 0.15) is 130 Å². The fraction of sp³-hybridized carbons (Fsp3) is 0.345. The molecule has 3 heteroatoms. The quantitative estimate of drug-likeness (QED) is 0.178. The SMILES string of the molecule is CC(C)(C)c1ccc(Nc2ccc(C(C)(C)C)cc2-c2c3c(c4c5cc(C(C)(C)C)ccc5n5c4c2Bc2cc(C(C)(C)C)ccc2-5)-c2ccccc2C3(C)C)cc1. The summed E-state index contributed by atoms with van der Waals surface area (Å²) in [5.74, 6) is 0. The molecule has 2 nitrogen and oxygen atoms in total. The first-order valence-electron chi connectivity index (χ1n) is 21.5. The average Bonchev–Trinajstić information content (AvgIpc) is 3.60. The monoisotopic (exact) mass is 760 g/mol. The van der Waals surface area contributed by atoms with Crippen LogP contribution in [-0.4, -0.2) is 11.8 Å². The number of benzene rings is 6. The van der Waals surface area contributed by atoms with Crippen LogP contribution in [0.25, 0.3) is 49.7 Å². The summed E-state index contributed by atoms with van der Waals surface area (Å²) in [6.45, 7) is 32.9. The van der Waals surface area contributed by atoms with Gasteiger partial charge in [-0.2, -0.15) is 0 Å². The van der Waals surface area contributed by atoms with E-state index >= 15 is 0 Å². The van der Waals surface area contributed by atoms with E-state index in [-0.39, 0.29) is 27.1 Å². The Balaban J connectivity index is 1.46. The summed E-state index contributed by atoms with van der Waals surface area (Å²) in [7, 11) is 0.868. The Hall–Kier alpha value is -5.02. The fourth-order valence-corrected chi connectivity index (χ4v) is 9.95. The Morgan fingerprint density at radius 3 is 1.78 bits per heavy atom. The van der Waals surface area contributed by atoms with Gasteiger partial charge in [0.25, 0.3) is 0 Å². The van der Waals surface area contributed by atoms with E-state index in [1.54, 1.807) is 0 Å². The van der Waals surface area contributed by atoms with Gasteiger partial charge in [-0.05, 0) is 120 Å². The Labute approximate surface area is 348 Å². The highest BCUT2D eigenvalue weighted by atomic mass is 15.0. The summed E-state index contributed by atoms with van der Waals surface area (Å²) in [5, 5.41) is 6.75. The smallest absolute Gasteiger partial charge is 0.198 e. The normalized spacial score (nSPS) is 14.7. The van der Waals surface area contributed by atoms with Crippen molar-refractivity contribution in [3.63, 3.8) is 0 Å². The number of anilines is 2. The standard InChI is InChI=1S/C55H61BN2/c1-51(2,3)32-19-24-36(25-20-32)57-42-26-21-33(52(4,5)6)29-38(42)47-48-45(37-17-15-16-18-40(37)55(48,13)14)46-39-30-34(53(7,8)9)22-27-43(39)58-44-28-23-35(54(10,11)12)31-41(44)56-49(47)50(46)58/h15-31,56-57H,1-14H3. The van der Waals surface area contributed by atoms with E-state index in [9.17, 15) is 0 Å². The molecular weight excluding hydrogens is 699 g/mol. The highest BCUT2D eigenvalue weighted by molar-refractivity contribution is 6.74. The average molecular weight is 761 g/mol. The van der Waals surface area contributed by atoms with Crippen LogP contribution in [0, 0.1) is 0 Å². The number of aromatic nitrogens is 1. The molecule has 0 spiro atoms. The van der Waals surface area contributed by atoms with Crippen molar-refractivity contribution >= 4 is 51.4 Å². The van der Waals surface area contributed by atoms with Gasteiger partial charge >= 0.3 is 0 Å². The van der Waals surface area contributed by atoms with Crippen LogP contribution in [0.3, 0.4) is 0 Å². The molecule has 58 heavy (non-hydrogen) atoms. The van der Waals surface area contributed by atoms with Crippen molar-refractivity contribution in [2.24, 2.45) is 0 Å². The summed E-state index contributed by atoms with van der Waals surface area (Å²) in [5.41, 5.74) is 22.6. The number of nitrogens with zero attached hydrogens (tertiary/aromatic N) is 1. The molecule has 0 saturated carbocycles. The van der Waals surface area contributed by atoms with Crippen molar-refractivity contribution in [3.8, 4) is 27.9 Å². The molecule has 0 bridgehead atoms. The van der Waals surface area contributed by atoms with Crippen LogP contribution < -0.4 is 16.2 Å². The predicted octanol–water partition coefficient (Wildman–Crippen LogP) is 13.4. The van der Waals surface area contributed by atoms with E-state index in [1.807, 2.05) is 0 Å². The van der Waals surface area contributed by atoms with Crippen molar-refractivity contribution in [2.75, 3.05) is 5.32 Å². The van der Waals surface area contributed by atoms with Crippen LogP contribution >= 0.6 is 0 Å². The molecule has 1 aliphatic carbocycles. The minimum atomic E-state index is -0.237. The fourth-order valence-electron chi connectivity index (χ4n) is 9.95. The second kappa shape index (κ2) is 12.5. The molecule has 2 heterocycles. The maximum absolute atomic E-state index is 3.99. The van der Waals surface area contributed by atoms with Crippen molar-refractivity contribution < 1.29 is 0 Å². The van der Waals surface area contributed by atoms with Gasteiger partial charge in [-0.1, -0.05) is 163 Å². The Morgan fingerprint density at radius 2 is 1.12 bits per heavy atom. The lowest BCUT2D eigenvalue weighted by Crippen LogP contribution is -2.39. The molecule has 0 amide bonds. The zero-order valence-electron chi connectivity index (χ0n) is 37.5. The number of fused-ring (bicyclic) bond motifs is 9. The maximum Gasteiger partial charge on any atom is 0.198 e. The lowest BCUT2D eigenvalue weighted by molar-refractivity contribution is 0.590. The minimum Gasteiger partial charge on any atom is -0.355 e. The van der Waals surface area contributed by atoms with Gasteiger partial charge in [-0.25, -0.2) is 0 Å². The summed E-state index contributed by atoms with van der Waals surface area (Å²) in [6.07, 6.45) is 0. The summed E-state index contributed by atoms with van der Waals surface area (Å²) < 4.78 is 2.64. The zero-order valence-corrected chi connectivity index (χ0v) is 37.5. The Morgan fingerprint density at radius 1 is 0.552 bits per heavy atom. The van der Waals surface area contributed by atoms with Crippen LogP contribution in [0.4, 0.5) is 11.4 Å². The summed E-state index contributed by atoms with van der Waals surface area (Å²) in [4.78, 5) is 0. The van der Waals surface area contributed by atoms with Gasteiger partial charge in [-0.3, -0.25) is 0 Å². The van der Waals surface area contributed by atoms with E-state index in [4.69, 9.17) is 0 Å². The number of rotatable bonds is 3. The lowest BCUT2D eigenvalue weighted by atomic mass is 9.56. The third-order valence-electron chi connectivity index (χ3n) is 13.4. The molecule has 6 aromatic carbocycles. The second-order valence-electron chi connectivity index (χ2n) is 22.0. The topological polar surface area (TPSA) is 17.0 Å². The Bertz CT molecular complexity index is 2820. The van der Waals surface area contributed by atoms with Gasteiger partial charge in [0.2, 0.25) is 0 Å². The van der Waals surface area contributed by atoms with Crippen molar-refractivity contribution in [2.45, 2.75) is 124 Å². The third-order valence-corrected chi connectivity index (χ3v) is 13.4.